The van der Waals surface area contributed by atoms with Crippen molar-refractivity contribution in [2.24, 2.45) is 5.92 Å². The van der Waals surface area contributed by atoms with Gasteiger partial charge in [0, 0.05) is 0 Å². The molecule has 0 aromatic heterocycles. The van der Waals surface area contributed by atoms with Gasteiger partial charge in [-0.1, -0.05) is 43.7 Å². The predicted molar refractivity (Wildman–Crippen MR) is 68.4 cm³/mol. The van der Waals surface area contributed by atoms with Crippen LogP contribution >= 0.6 is 0 Å². The van der Waals surface area contributed by atoms with Gasteiger partial charge in [0.2, 0.25) is 5.91 Å². The van der Waals surface area contributed by atoms with Gasteiger partial charge in [-0.25, -0.2) is 0 Å². The number of amides is 1. The van der Waals surface area contributed by atoms with Crippen molar-refractivity contribution < 1.29 is 9.90 Å². The van der Waals surface area contributed by atoms with Gasteiger partial charge in [0.25, 0.3) is 0 Å². The molecule has 2 atom stereocenters. The van der Waals surface area contributed by atoms with Gasteiger partial charge in [-0.15, -0.1) is 0 Å². The third kappa shape index (κ3) is 3.86. The van der Waals surface area contributed by atoms with E-state index >= 15 is 0 Å². The van der Waals surface area contributed by atoms with Crippen molar-refractivity contribution in [2.45, 2.75) is 25.8 Å². The van der Waals surface area contributed by atoms with Crippen molar-refractivity contribution in [3.05, 3.63) is 35.9 Å². The molecule has 18 heavy (non-hydrogen) atoms. The number of hydrogen-bond donors (Lipinski definition) is 2. The molecule has 0 saturated heterocycles. The molecule has 0 radical (unpaired) electrons. The van der Waals surface area contributed by atoms with Gasteiger partial charge in [0.1, 0.15) is 5.92 Å². The molecule has 2 N–H and O–H groups in total. The Labute approximate surface area is 107 Å². The third-order valence-corrected chi connectivity index (χ3v) is 2.75. The zero-order chi connectivity index (χ0) is 13.4. The maximum atomic E-state index is 11.9. The zero-order valence-corrected chi connectivity index (χ0v) is 10.5. The number of benzene rings is 1. The second-order valence-corrected chi connectivity index (χ2v) is 4.12. The minimum Gasteiger partial charge on any atom is -0.394 e. The molecule has 0 spiro atoms. The van der Waals surface area contributed by atoms with Crippen LogP contribution in [0.5, 0.6) is 0 Å². The molecule has 0 saturated carbocycles. The Hall–Kier alpha value is -1.86. The number of rotatable bonds is 6. The summed E-state index contributed by atoms with van der Waals surface area (Å²) in [4.78, 5) is 11.9. The Bertz CT molecular complexity index is 412. The first-order chi connectivity index (χ1) is 8.72. The molecule has 0 fully saturated rings. The topological polar surface area (TPSA) is 73.1 Å². The lowest BCUT2D eigenvalue weighted by atomic mass is 10.0. The van der Waals surface area contributed by atoms with E-state index in [0.717, 1.165) is 12.0 Å². The number of nitriles is 1. The third-order valence-electron chi connectivity index (χ3n) is 2.75. The first kappa shape index (κ1) is 14.2. The summed E-state index contributed by atoms with van der Waals surface area (Å²) >= 11 is 0. The number of aliphatic hydroxyl groups excluding tert-OH is 1. The van der Waals surface area contributed by atoms with Gasteiger partial charge >= 0.3 is 0 Å². The highest BCUT2D eigenvalue weighted by molar-refractivity contribution is 5.81. The molecule has 0 bridgehead atoms. The lowest BCUT2D eigenvalue weighted by Crippen LogP contribution is -2.35. The lowest BCUT2D eigenvalue weighted by molar-refractivity contribution is -0.124. The minimum absolute atomic E-state index is 0.181. The first-order valence-corrected chi connectivity index (χ1v) is 6.08. The number of hydrogen-bond acceptors (Lipinski definition) is 3. The Morgan fingerprint density at radius 1 is 1.44 bits per heavy atom. The van der Waals surface area contributed by atoms with Crippen LogP contribution in [0.2, 0.25) is 0 Å². The fourth-order valence-electron chi connectivity index (χ4n) is 1.73. The highest BCUT2D eigenvalue weighted by Crippen LogP contribution is 2.13. The second-order valence-electron chi connectivity index (χ2n) is 4.12. The molecular weight excluding hydrogens is 228 g/mol. The van der Waals surface area contributed by atoms with E-state index in [1.807, 2.05) is 43.3 Å². The lowest BCUT2D eigenvalue weighted by Gasteiger charge is -2.18. The monoisotopic (exact) mass is 246 g/mol. The van der Waals surface area contributed by atoms with Crippen molar-refractivity contribution in [1.82, 2.24) is 5.32 Å². The molecular formula is C14H18N2O2. The van der Waals surface area contributed by atoms with Crippen molar-refractivity contribution in [3.8, 4) is 6.07 Å². The van der Waals surface area contributed by atoms with Crippen LogP contribution in [-0.4, -0.2) is 17.6 Å². The molecule has 1 unspecified atom stereocenters. The summed E-state index contributed by atoms with van der Waals surface area (Å²) < 4.78 is 0. The van der Waals surface area contributed by atoms with Crippen LogP contribution in [0.25, 0.3) is 0 Å². The van der Waals surface area contributed by atoms with Gasteiger partial charge < -0.3 is 10.4 Å². The maximum Gasteiger partial charge on any atom is 0.237 e. The van der Waals surface area contributed by atoms with Crippen molar-refractivity contribution in [1.29, 1.82) is 5.26 Å². The molecule has 0 aliphatic heterocycles. The fourth-order valence-corrected chi connectivity index (χ4v) is 1.73. The van der Waals surface area contributed by atoms with E-state index < -0.39 is 12.0 Å². The summed E-state index contributed by atoms with van der Waals surface area (Å²) in [5.74, 6) is -0.963. The van der Waals surface area contributed by atoms with Crippen molar-refractivity contribution in [2.75, 3.05) is 6.61 Å². The van der Waals surface area contributed by atoms with Crippen molar-refractivity contribution >= 4 is 5.91 Å². The van der Waals surface area contributed by atoms with E-state index in [9.17, 15) is 9.90 Å². The molecule has 1 aromatic rings. The summed E-state index contributed by atoms with van der Waals surface area (Å²) in [6, 6.07) is 10.8. The fraction of sp³-hybridized carbons (Fsp3) is 0.429. The van der Waals surface area contributed by atoms with Gasteiger partial charge in [-0.05, 0) is 12.0 Å². The normalized spacial score (nSPS) is 13.4. The molecule has 0 heterocycles. The molecule has 0 aliphatic rings. The molecule has 4 heteroatoms. The molecule has 1 rings (SSSR count). The van der Waals surface area contributed by atoms with E-state index in [-0.39, 0.29) is 12.5 Å². The van der Waals surface area contributed by atoms with Crippen LogP contribution in [-0.2, 0) is 4.79 Å². The quantitative estimate of drug-likeness (QED) is 0.803. The molecule has 96 valence electrons. The smallest absolute Gasteiger partial charge is 0.237 e. The number of nitrogens with zero attached hydrogens (tertiary/aromatic N) is 1. The van der Waals surface area contributed by atoms with E-state index in [4.69, 9.17) is 5.26 Å². The maximum absolute atomic E-state index is 11.9. The summed E-state index contributed by atoms with van der Waals surface area (Å²) in [5.41, 5.74) is 0.835. The largest absolute Gasteiger partial charge is 0.394 e. The molecule has 1 aromatic carbocycles. The average Bonchev–Trinajstić information content (AvgIpc) is 2.42. The van der Waals surface area contributed by atoms with E-state index in [1.54, 1.807) is 0 Å². The van der Waals surface area contributed by atoms with Gasteiger partial charge in [-0.3, -0.25) is 4.79 Å². The molecule has 1 amide bonds. The predicted octanol–water partition coefficient (Wildman–Crippen LogP) is 1.78. The number of carbonyl (C=O) groups excluding carboxylic acids is 1. The average molecular weight is 246 g/mol. The van der Waals surface area contributed by atoms with Gasteiger partial charge in [0.05, 0.1) is 18.7 Å². The second kappa shape index (κ2) is 7.46. The summed E-state index contributed by atoms with van der Waals surface area (Å²) in [6.45, 7) is 1.75. The standard InChI is InChI=1S/C14H18N2O2/c1-2-6-12(9-15)14(18)16-13(10-17)11-7-4-3-5-8-11/h3-5,7-8,12-13,17H,2,6,10H2,1H3,(H,16,18)/t12?,13-/m1/s1. The van der Waals surface area contributed by atoms with Crippen LogP contribution in [0.3, 0.4) is 0 Å². The number of carbonyl (C=O) groups is 1. The molecule has 4 nitrogen and oxygen atoms in total. The Balaban J connectivity index is 2.69. The SMILES string of the molecule is CCCC(C#N)C(=O)N[C@H](CO)c1ccccc1. The van der Waals surface area contributed by atoms with Crippen molar-refractivity contribution in [3.63, 3.8) is 0 Å². The Kier molecular flexibility index (Phi) is 5.89. The first-order valence-electron chi connectivity index (χ1n) is 6.08. The Morgan fingerprint density at radius 2 is 2.11 bits per heavy atom. The van der Waals surface area contributed by atoms with Crippen LogP contribution in [0.4, 0.5) is 0 Å². The number of nitrogens with one attached hydrogen (secondary N) is 1. The van der Waals surface area contributed by atoms with Crippen LogP contribution in [0.15, 0.2) is 30.3 Å². The van der Waals surface area contributed by atoms with Gasteiger partial charge in [0.15, 0.2) is 0 Å². The number of aliphatic hydroxyl groups is 1. The molecule has 0 aliphatic carbocycles. The van der Waals surface area contributed by atoms with E-state index in [2.05, 4.69) is 5.32 Å². The summed E-state index contributed by atoms with van der Waals surface area (Å²) in [7, 11) is 0. The Morgan fingerprint density at radius 3 is 2.61 bits per heavy atom. The van der Waals surface area contributed by atoms with E-state index in [1.165, 1.54) is 0 Å². The highest BCUT2D eigenvalue weighted by Gasteiger charge is 2.20. The highest BCUT2D eigenvalue weighted by atomic mass is 16.3. The van der Waals surface area contributed by atoms with E-state index in [0.29, 0.717) is 6.42 Å². The van der Waals surface area contributed by atoms with Gasteiger partial charge in [-0.2, -0.15) is 5.26 Å². The van der Waals surface area contributed by atoms with Crippen LogP contribution in [0, 0.1) is 17.2 Å². The van der Waals surface area contributed by atoms with Crippen LogP contribution < -0.4 is 5.32 Å². The summed E-state index contributed by atoms with van der Waals surface area (Å²) in [6.07, 6.45) is 1.32. The summed E-state index contributed by atoms with van der Waals surface area (Å²) in [5, 5.41) is 20.9. The zero-order valence-electron chi connectivity index (χ0n) is 10.5. The minimum atomic E-state index is -0.646. The van der Waals surface area contributed by atoms with Crippen LogP contribution in [0.1, 0.15) is 31.4 Å².